The molecule has 55 heavy (non-hydrogen) atoms. The number of hydrogen-bond acceptors (Lipinski definition) is 2. The van der Waals surface area contributed by atoms with E-state index >= 15 is 0 Å². The molecule has 2 nitrogen and oxygen atoms in total. The van der Waals surface area contributed by atoms with Gasteiger partial charge in [-0.15, -0.1) is 5.54 Å². The standard InChI is InChI=1S/C46H49O2Si.C5H5.Fe/c1-9-30-47-45-34-44(29-32-49(35(3)4,36(5)6)37(7)8)46(48-31-10-2)33-43(45)28-27-42-25-23-41(24-26-42)22-21-40-19-17-39(18-20-40)16-15-38-13-11-12-14-38;1-2-4-5-3-1;/h11-14,17-20,23-26,33-37H,9-10,30-31H2,1-8H3;1-5H;/q;;+2. The van der Waals surface area contributed by atoms with Crippen molar-refractivity contribution in [3.63, 3.8) is 0 Å². The molecular formula is C51H54FeO2Si+2. The van der Waals surface area contributed by atoms with Crippen molar-refractivity contribution in [1.82, 2.24) is 0 Å². The molecule has 2 aliphatic rings. The fourth-order valence-electron chi connectivity index (χ4n) is 6.51. The maximum absolute atomic E-state index is 6.27. The number of rotatable bonds is 9. The van der Waals surface area contributed by atoms with Crippen LogP contribution in [0.2, 0.25) is 16.6 Å². The Bertz CT molecular complexity index is 1840. The van der Waals surface area contributed by atoms with E-state index in [1.807, 2.05) is 118 Å². The molecule has 0 heterocycles. The average Bonchev–Trinajstić information content (AvgIpc) is 3.93. The van der Waals surface area contributed by atoms with Crippen LogP contribution in [0, 0.1) is 111 Å². The third-order valence-electron chi connectivity index (χ3n) is 9.32. The van der Waals surface area contributed by atoms with Gasteiger partial charge in [-0.2, -0.15) is 0 Å². The fourth-order valence-corrected chi connectivity index (χ4v) is 11.7. The van der Waals surface area contributed by atoms with Crippen molar-refractivity contribution in [3.8, 4) is 58.5 Å². The molecule has 0 aromatic heterocycles. The second-order valence-electron chi connectivity index (χ2n) is 14.2. The number of hydrogen-bond donors (Lipinski definition) is 0. The van der Waals surface area contributed by atoms with Gasteiger partial charge in [-0.1, -0.05) is 96.8 Å². The van der Waals surface area contributed by atoms with Crippen molar-refractivity contribution in [2.75, 3.05) is 13.2 Å². The molecule has 5 rings (SSSR count). The summed E-state index contributed by atoms with van der Waals surface area (Å²) in [7, 11) is -1.92. The van der Waals surface area contributed by atoms with E-state index in [1.165, 1.54) is 0 Å². The Hall–Kier alpha value is -3.76. The molecule has 0 unspecified atom stereocenters. The predicted molar refractivity (Wildman–Crippen MR) is 230 cm³/mol. The van der Waals surface area contributed by atoms with Crippen LogP contribution >= 0.6 is 0 Å². The largest absolute Gasteiger partial charge is 2.00 e. The molecule has 2 aliphatic carbocycles. The third-order valence-corrected chi connectivity index (χ3v) is 15.6. The molecule has 4 heteroatoms. The molecule has 2 saturated carbocycles. The van der Waals surface area contributed by atoms with E-state index in [4.69, 9.17) is 9.47 Å². The van der Waals surface area contributed by atoms with Crippen LogP contribution in [0.3, 0.4) is 0 Å². The van der Waals surface area contributed by atoms with Gasteiger partial charge in [0.15, 0.2) is 0 Å². The maximum Gasteiger partial charge on any atom is 2.00 e. The maximum atomic E-state index is 6.27. The van der Waals surface area contributed by atoms with Gasteiger partial charge in [-0.05, 0) is 136 Å². The van der Waals surface area contributed by atoms with Gasteiger partial charge in [0.05, 0.1) is 30.3 Å². The van der Waals surface area contributed by atoms with Gasteiger partial charge in [-0.3, -0.25) is 0 Å². The van der Waals surface area contributed by atoms with E-state index in [1.54, 1.807) is 0 Å². The minimum atomic E-state index is -1.92. The average molecular weight is 783 g/mol. The van der Waals surface area contributed by atoms with Crippen LogP contribution in [0.15, 0.2) is 60.7 Å². The molecule has 0 bridgehead atoms. The molecular weight excluding hydrogens is 728 g/mol. The zero-order valence-electron chi connectivity index (χ0n) is 33.7. The van der Waals surface area contributed by atoms with E-state index in [0.29, 0.717) is 29.8 Å². The van der Waals surface area contributed by atoms with Crippen molar-refractivity contribution in [2.24, 2.45) is 0 Å². The first-order chi connectivity index (χ1) is 26.2. The second kappa shape index (κ2) is 24.0. The molecule has 2 fully saturated rings. The summed E-state index contributed by atoms with van der Waals surface area (Å²) >= 11 is 0. The Morgan fingerprint density at radius 3 is 1.18 bits per heavy atom. The molecule has 0 atom stereocenters. The molecule has 0 saturated heterocycles. The quantitative estimate of drug-likeness (QED) is 0.159. The van der Waals surface area contributed by atoms with Crippen LogP contribution in [-0.2, 0) is 17.1 Å². The third kappa shape index (κ3) is 14.0. The van der Waals surface area contributed by atoms with E-state index in [-0.39, 0.29) is 17.1 Å². The fraction of sp³-hybridized carbons (Fsp3) is 0.294. The summed E-state index contributed by atoms with van der Waals surface area (Å²) < 4.78 is 12.5. The van der Waals surface area contributed by atoms with Crippen LogP contribution in [0.25, 0.3) is 0 Å². The van der Waals surface area contributed by atoms with Gasteiger partial charge in [0.2, 0.25) is 0 Å². The minimum absolute atomic E-state index is 0. The SMILES string of the molecule is CCCOc1cc(C#C[Si](C(C)C)(C(C)C)C(C)C)c(OCCC)cc1C#Cc1ccc(C#Cc2ccc(C#C[C]3[CH][CH][CH][CH]3)cc2)cc1.[CH]1[CH][CH][CH][CH]1.[Fe+2]. The van der Waals surface area contributed by atoms with E-state index < -0.39 is 8.07 Å². The zero-order valence-corrected chi connectivity index (χ0v) is 35.8. The monoisotopic (exact) mass is 782 g/mol. The molecule has 0 spiro atoms. The van der Waals surface area contributed by atoms with Crippen LogP contribution in [-0.4, -0.2) is 21.3 Å². The topological polar surface area (TPSA) is 18.5 Å². The van der Waals surface area contributed by atoms with Crippen LogP contribution in [0.5, 0.6) is 11.5 Å². The van der Waals surface area contributed by atoms with Crippen molar-refractivity contribution < 1.29 is 26.5 Å². The first kappa shape index (κ1) is 45.6. The van der Waals surface area contributed by atoms with E-state index in [0.717, 1.165) is 63.6 Å². The van der Waals surface area contributed by atoms with Gasteiger partial charge in [0.25, 0.3) is 0 Å². The molecule has 0 amide bonds. The zero-order chi connectivity index (χ0) is 38.8. The first-order valence-electron chi connectivity index (χ1n) is 19.3. The summed E-state index contributed by atoms with van der Waals surface area (Å²) in [6.45, 7) is 19.5. The summed E-state index contributed by atoms with van der Waals surface area (Å²) in [4.78, 5) is 0. The first-order valence-corrected chi connectivity index (χ1v) is 21.5. The number of ether oxygens (including phenoxy) is 2. The Morgan fingerprint density at radius 1 is 0.473 bits per heavy atom. The normalized spacial score (nSPS) is 13.5. The molecule has 3 aromatic rings. The predicted octanol–water partition coefficient (Wildman–Crippen LogP) is 11.4. The van der Waals surface area contributed by atoms with Crippen molar-refractivity contribution in [2.45, 2.75) is 84.9 Å². The minimum Gasteiger partial charge on any atom is -0.492 e. The van der Waals surface area contributed by atoms with Gasteiger partial charge in [-0.25, -0.2) is 0 Å². The van der Waals surface area contributed by atoms with E-state index in [9.17, 15) is 0 Å². The smallest absolute Gasteiger partial charge is 0.492 e. The summed E-state index contributed by atoms with van der Waals surface area (Å²) in [5.41, 5.74) is 10.9. The van der Waals surface area contributed by atoms with Crippen molar-refractivity contribution in [1.29, 1.82) is 0 Å². The molecule has 3 aromatic carbocycles. The van der Waals surface area contributed by atoms with Crippen LogP contribution in [0.1, 0.15) is 102 Å². The van der Waals surface area contributed by atoms with Crippen molar-refractivity contribution in [3.05, 3.63) is 158 Å². The van der Waals surface area contributed by atoms with Crippen LogP contribution in [0.4, 0.5) is 0 Å². The summed E-state index contributed by atoms with van der Waals surface area (Å²) in [5.74, 6) is 25.7. The Balaban J connectivity index is 0.00000125. The Labute approximate surface area is 347 Å². The molecule has 0 aliphatic heterocycles. The second-order valence-corrected chi connectivity index (χ2v) is 19.8. The summed E-state index contributed by atoms with van der Waals surface area (Å²) in [6, 6.07) is 20.1. The van der Waals surface area contributed by atoms with E-state index in [2.05, 4.69) is 102 Å². The number of benzene rings is 3. The van der Waals surface area contributed by atoms with Gasteiger partial charge >= 0.3 is 17.1 Å². The summed E-state index contributed by atoms with van der Waals surface area (Å²) in [6.07, 6.45) is 19.8. The summed E-state index contributed by atoms with van der Waals surface area (Å²) in [5, 5.41) is 0. The van der Waals surface area contributed by atoms with Gasteiger partial charge < -0.3 is 9.47 Å². The van der Waals surface area contributed by atoms with Crippen molar-refractivity contribution >= 4 is 8.07 Å². The van der Waals surface area contributed by atoms with Gasteiger partial charge in [0, 0.05) is 34.4 Å². The van der Waals surface area contributed by atoms with Gasteiger partial charge in [0.1, 0.15) is 19.6 Å². The Kier molecular flexibility index (Phi) is 19.9. The molecule has 10 radical (unpaired) electrons. The van der Waals surface area contributed by atoms with Crippen LogP contribution < -0.4 is 9.47 Å². The Morgan fingerprint density at radius 2 is 0.818 bits per heavy atom. The molecule has 0 N–H and O–H groups in total. The molecule has 280 valence electrons.